The average molecular weight is 726 g/mol. The lowest BCUT2D eigenvalue weighted by Crippen LogP contribution is -2.55. The summed E-state index contributed by atoms with van der Waals surface area (Å²) in [7, 11) is -4.60. The van der Waals surface area contributed by atoms with Crippen molar-refractivity contribution in [2.75, 3.05) is 10.8 Å². The fraction of sp³-hybridized carbons (Fsp3) is 0.316. The van der Waals surface area contributed by atoms with Crippen LogP contribution in [0.4, 0.5) is 18.9 Å². The van der Waals surface area contributed by atoms with Crippen molar-refractivity contribution in [3.05, 3.63) is 130 Å². The molecule has 0 bridgehead atoms. The molecule has 4 aromatic carbocycles. The second-order valence-electron chi connectivity index (χ2n) is 12.5. The summed E-state index contributed by atoms with van der Waals surface area (Å²) >= 11 is 5.91. The summed E-state index contributed by atoms with van der Waals surface area (Å²) in [4.78, 5) is 29.9. The summed E-state index contributed by atoms with van der Waals surface area (Å²) in [5, 5.41) is 2.52. The molecule has 4 aromatic rings. The lowest BCUT2D eigenvalue weighted by molar-refractivity contribution is -0.140. The Labute approximate surface area is 296 Å². The second-order valence-corrected chi connectivity index (χ2v) is 14.8. The zero-order chi connectivity index (χ0) is 35.9. The van der Waals surface area contributed by atoms with Gasteiger partial charge in [0.05, 0.1) is 21.2 Å². The minimum absolute atomic E-state index is 0.0535. The van der Waals surface area contributed by atoms with Crippen LogP contribution in [0.3, 0.4) is 0 Å². The fourth-order valence-electron chi connectivity index (χ4n) is 6.13. The fourth-order valence-corrected chi connectivity index (χ4v) is 7.76. The van der Waals surface area contributed by atoms with E-state index in [0.717, 1.165) is 55.4 Å². The summed E-state index contributed by atoms with van der Waals surface area (Å²) < 4.78 is 71.1. The number of carbonyl (C=O) groups is 2. The molecule has 12 heteroatoms. The summed E-state index contributed by atoms with van der Waals surface area (Å²) in [6, 6.07) is 25.5. The molecule has 5 rings (SSSR count). The predicted molar refractivity (Wildman–Crippen MR) is 188 cm³/mol. The number of carbonyl (C=O) groups excluding carboxylic acids is 2. The highest BCUT2D eigenvalue weighted by Crippen LogP contribution is 2.38. The number of benzene rings is 4. The first-order valence-electron chi connectivity index (χ1n) is 16.5. The summed E-state index contributed by atoms with van der Waals surface area (Å²) in [5.74, 6) is -1.16. The Morgan fingerprint density at radius 2 is 1.46 bits per heavy atom. The van der Waals surface area contributed by atoms with E-state index in [2.05, 4.69) is 5.32 Å². The Morgan fingerprint density at radius 3 is 2.06 bits per heavy atom. The molecule has 7 nitrogen and oxygen atoms in total. The Balaban J connectivity index is 1.60. The first kappa shape index (κ1) is 36.9. The lowest BCUT2D eigenvalue weighted by atomic mass is 9.94. The van der Waals surface area contributed by atoms with Crippen LogP contribution in [0, 0.1) is 6.92 Å². The van der Waals surface area contributed by atoms with E-state index in [4.69, 9.17) is 11.6 Å². The minimum atomic E-state index is -4.90. The number of rotatable bonds is 12. The Kier molecular flexibility index (Phi) is 11.9. The van der Waals surface area contributed by atoms with E-state index >= 15 is 0 Å². The molecule has 1 fully saturated rings. The van der Waals surface area contributed by atoms with Crippen molar-refractivity contribution < 1.29 is 31.2 Å². The van der Waals surface area contributed by atoms with Gasteiger partial charge < -0.3 is 10.2 Å². The maximum Gasteiger partial charge on any atom is 0.417 e. The molecule has 0 aromatic heterocycles. The van der Waals surface area contributed by atoms with E-state index in [1.807, 2.05) is 36.4 Å². The van der Waals surface area contributed by atoms with E-state index in [-0.39, 0.29) is 29.8 Å². The standard InChI is InChI=1S/C38H39ClF3N3O4S/c1-27-17-20-32(21-18-27)50(48,49)45(31-19-22-34(39)33(24-31)38(40,41)42)26-36(46)44(25-29-13-7-3-8-14-29)35(23-28-11-5-2-6-12-28)37(47)43-30-15-9-4-10-16-30/h2-3,5-8,11-14,17-22,24,30,35H,4,9-10,15-16,23,25-26H2,1H3,(H,43,47)/t35-/m1/s1. The average Bonchev–Trinajstić information content (AvgIpc) is 3.10. The Morgan fingerprint density at radius 1 is 0.860 bits per heavy atom. The maximum absolute atomic E-state index is 14.6. The van der Waals surface area contributed by atoms with E-state index in [9.17, 15) is 31.2 Å². The van der Waals surface area contributed by atoms with E-state index in [1.165, 1.54) is 17.0 Å². The van der Waals surface area contributed by atoms with E-state index in [1.54, 1.807) is 43.3 Å². The SMILES string of the molecule is Cc1ccc(S(=O)(=O)N(CC(=O)N(Cc2ccccc2)[C@H](Cc2ccccc2)C(=O)NC2CCCCC2)c2ccc(Cl)c(C(F)(F)F)c2)cc1. The topological polar surface area (TPSA) is 86.8 Å². The molecular weight excluding hydrogens is 687 g/mol. The highest BCUT2D eigenvalue weighted by molar-refractivity contribution is 7.92. The van der Waals surface area contributed by atoms with Gasteiger partial charge in [0.2, 0.25) is 11.8 Å². The van der Waals surface area contributed by atoms with Crippen LogP contribution in [0.5, 0.6) is 0 Å². The van der Waals surface area contributed by atoms with E-state index in [0.29, 0.717) is 15.9 Å². The smallest absolute Gasteiger partial charge is 0.352 e. The molecule has 0 saturated heterocycles. The highest BCUT2D eigenvalue weighted by atomic mass is 35.5. The zero-order valence-electron chi connectivity index (χ0n) is 27.6. The number of nitrogens with one attached hydrogen (secondary N) is 1. The van der Waals surface area contributed by atoms with Gasteiger partial charge in [-0.1, -0.05) is 109 Å². The van der Waals surface area contributed by atoms with Gasteiger partial charge in [0.25, 0.3) is 10.0 Å². The molecule has 0 heterocycles. The van der Waals surface area contributed by atoms with Crippen molar-refractivity contribution in [2.45, 2.75) is 75.1 Å². The van der Waals surface area contributed by atoms with Crippen LogP contribution in [0.2, 0.25) is 5.02 Å². The van der Waals surface area contributed by atoms with Gasteiger partial charge in [0.1, 0.15) is 12.6 Å². The van der Waals surface area contributed by atoms with Crippen molar-refractivity contribution >= 4 is 39.1 Å². The van der Waals surface area contributed by atoms with Crippen molar-refractivity contribution in [2.24, 2.45) is 0 Å². The van der Waals surface area contributed by atoms with Crippen molar-refractivity contribution in [3.8, 4) is 0 Å². The molecule has 1 aliphatic carbocycles. The van der Waals surface area contributed by atoms with Crippen LogP contribution < -0.4 is 9.62 Å². The number of alkyl halides is 3. The first-order valence-corrected chi connectivity index (χ1v) is 18.3. The zero-order valence-corrected chi connectivity index (χ0v) is 29.1. The minimum Gasteiger partial charge on any atom is -0.352 e. The number of aryl methyl sites for hydroxylation is 1. The molecule has 1 N–H and O–H groups in total. The van der Waals surface area contributed by atoms with Gasteiger partial charge in [-0.2, -0.15) is 13.2 Å². The molecule has 2 amide bonds. The largest absolute Gasteiger partial charge is 0.417 e. The van der Waals surface area contributed by atoms with Crippen LogP contribution in [0.25, 0.3) is 0 Å². The maximum atomic E-state index is 14.6. The molecule has 1 saturated carbocycles. The van der Waals surface area contributed by atoms with Gasteiger partial charge in [-0.05, 0) is 61.2 Å². The number of amides is 2. The summed E-state index contributed by atoms with van der Waals surface area (Å²) in [5.41, 5.74) is 0.575. The molecule has 0 unspecified atom stereocenters. The van der Waals surface area contributed by atoms with Crippen LogP contribution >= 0.6 is 11.6 Å². The number of hydrogen-bond acceptors (Lipinski definition) is 4. The number of hydrogen-bond donors (Lipinski definition) is 1. The number of anilines is 1. The van der Waals surface area contributed by atoms with Gasteiger partial charge in [-0.3, -0.25) is 13.9 Å². The molecule has 0 radical (unpaired) electrons. The lowest BCUT2D eigenvalue weighted by Gasteiger charge is -2.35. The third-order valence-corrected chi connectivity index (χ3v) is 11.0. The third kappa shape index (κ3) is 9.25. The molecule has 0 spiro atoms. The van der Waals surface area contributed by atoms with Crippen molar-refractivity contribution in [1.82, 2.24) is 10.2 Å². The molecule has 264 valence electrons. The predicted octanol–water partition coefficient (Wildman–Crippen LogP) is 7.95. The first-order chi connectivity index (χ1) is 23.8. The van der Waals surface area contributed by atoms with Gasteiger partial charge >= 0.3 is 6.18 Å². The highest BCUT2D eigenvalue weighted by Gasteiger charge is 2.38. The van der Waals surface area contributed by atoms with Crippen LogP contribution in [-0.4, -0.2) is 43.8 Å². The normalized spacial score (nSPS) is 14.5. The number of sulfonamides is 1. The third-order valence-electron chi connectivity index (χ3n) is 8.85. The van der Waals surface area contributed by atoms with Gasteiger partial charge in [-0.25, -0.2) is 8.42 Å². The molecule has 1 atom stereocenters. The van der Waals surface area contributed by atoms with Crippen LogP contribution in [-0.2, 0) is 38.8 Å². The van der Waals surface area contributed by atoms with Gasteiger partial charge in [0, 0.05) is 19.0 Å². The summed E-state index contributed by atoms with van der Waals surface area (Å²) in [6.45, 7) is 0.825. The van der Waals surface area contributed by atoms with Crippen molar-refractivity contribution in [1.29, 1.82) is 0 Å². The van der Waals surface area contributed by atoms with E-state index < -0.39 is 51.0 Å². The Bertz CT molecular complexity index is 1870. The Hall–Kier alpha value is -4.35. The second kappa shape index (κ2) is 16.1. The van der Waals surface area contributed by atoms with Crippen LogP contribution in [0.15, 0.2) is 108 Å². The van der Waals surface area contributed by atoms with Crippen LogP contribution in [0.1, 0.15) is 54.4 Å². The molecular formula is C38H39ClF3N3O4S. The number of halogens is 4. The quantitative estimate of drug-likeness (QED) is 0.161. The van der Waals surface area contributed by atoms with Crippen molar-refractivity contribution in [3.63, 3.8) is 0 Å². The van der Waals surface area contributed by atoms with Gasteiger partial charge in [-0.15, -0.1) is 0 Å². The molecule has 1 aliphatic rings. The van der Waals surface area contributed by atoms with Gasteiger partial charge in [0.15, 0.2) is 0 Å². The molecule has 50 heavy (non-hydrogen) atoms. The summed E-state index contributed by atoms with van der Waals surface area (Å²) in [6.07, 6.45) is -0.157. The monoisotopic (exact) mass is 725 g/mol. The molecule has 0 aliphatic heterocycles. The number of nitrogens with zero attached hydrogens (tertiary/aromatic N) is 2.